The zero-order valence-electron chi connectivity index (χ0n) is 12.2. The van der Waals surface area contributed by atoms with E-state index in [-0.39, 0.29) is 5.82 Å². The van der Waals surface area contributed by atoms with Crippen LogP contribution in [0.4, 0.5) is 4.39 Å². The van der Waals surface area contributed by atoms with Crippen molar-refractivity contribution in [2.24, 2.45) is 5.73 Å². The molecular weight excluding hydrogens is 249 g/mol. The molecule has 2 aromatic carbocycles. The van der Waals surface area contributed by atoms with Crippen LogP contribution in [0.5, 0.6) is 0 Å². The Morgan fingerprint density at radius 1 is 1.10 bits per heavy atom. The molecule has 0 aliphatic rings. The largest absolute Gasteiger partial charge is 0.320 e. The first kappa shape index (κ1) is 14.7. The molecule has 0 fully saturated rings. The maximum Gasteiger partial charge on any atom is 0.128 e. The van der Waals surface area contributed by atoms with E-state index in [4.69, 9.17) is 5.73 Å². The van der Waals surface area contributed by atoms with E-state index in [9.17, 15) is 4.39 Å². The summed E-state index contributed by atoms with van der Waals surface area (Å²) in [6, 6.07) is 13.0. The number of hydrogen-bond donors (Lipinski definition) is 1. The van der Waals surface area contributed by atoms with Crippen LogP contribution in [0, 0.1) is 12.7 Å². The molecule has 0 spiro atoms. The van der Waals surface area contributed by atoms with Crippen LogP contribution >= 0.6 is 0 Å². The SMILES string of the molecule is CCCCc1ccc(C(N)c2ccc(C)cc2F)cc1. The van der Waals surface area contributed by atoms with Gasteiger partial charge in [-0.3, -0.25) is 0 Å². The molecule has 2 N–H and O–H groups in total. The highest BCUT2D eigenvalue weighted by Gasteiger charge is 2.13. The number of nitrogens with two attached hydrogens (primary N) is 1. The lowest BCUT2D eigenvalue weighted by Crippen LogP contribution is -2.13. The fraction of sp³-hybridized carbons (Fsp3) is 0.333. The van der Waals surface area contributed by atoms with E-state index in [1.807, 2.05) is 25.1 Å². The maximum atomic E-state index is 14.0. The highest BCUT2D eigenvalue weighted by atomic mass is 19.1. The Kier molecular flexibility index (Phi) is 4.91. The number of aryl methyl sites for hydroxylation is 2. The molecule has 20 heavy (non-hydrogen) atoms. The lowest BCUT2D eigenvalue weighted by atomic mass is 9.96. The van der Waals surface area contributed by atoms with Crippen molar-refractivity contribution in [3.63, 3.8) is 0 Å². The molecule has 0 aliphatic carbocycles. The zero-order chi connectivity index (χ0) is 14.5. The summed E-state index contributed by atoms with van der Waals surface area (Å²) in [6.07, 6.45) is 3.47. The molecule has 0 saturated carbocycles. The summed E-state index contributed by atoms with van der Waals surface area (Å²) in [4.78, 5) is 0. The number of benzene rings is 2. The molecule has 0 amide bonds. The summed E-state index contributed by atoms with van der Waals surface area (Å²) in [5.41, 5.74) is 9.90. The smallest absolute Gasteiger partial charge is 0.128 e. The molecule has 1 unspecified atom stereocenters. The average Bonchev–Trinajstić information content (AvgIpc) is 2.45. The van der Waals surface area contributed by atoms with Crippen molar-refractivity contribution in [3.05, 3.63) is 70.5 Å². The van der Waals surface area contributed by atoms with Crippen LogP contribution in [-0.2, 0) is 6.42 Å². The highest BCUT2D eigenvalue weighted by Crippen LogP contribution is 2.23. The van der Waals surface area contributed by atoms with Gasteiger partial charge < -0.3 is 5.73 Å². The summed E-state index contributed by atoms with van der Waals surface area (Å²) in [5.74, 6) is -0.229. The second-order valence-corrected chi connectivity index (χ2v) is 5.35. The molecule has 1 atom stereocenters. The Morgan fingerprint density at radius 2 is 1.80 bits per heavy atom. The van der Waals surface area contributed by atoms with Crippen molar-refractivity contribution in [1.82, 2.24) is 0 Å². The van der Waals surface area contributed by atoms with Crippen molar-refractivity contribution >= 4 is 0 Å². The van der Waals surface area contributed by atoms with Gasteiger partial charge in [0.15, 0.2) is 0 Å². The van der Waals surface area contributed by atoms with Crippen LogP contribution in [0.2, 0.25) is 0 Å². The van der Waals surface area contributed by atoms with Gasteiger partial charge in [0.25, 0.3) is 0 Å². The summed E-state index contributed by atoms with van der Waals surface area (Å²) in [6.45, 7) is 4.06. The minimum Gasteiger partial charge on any atom is -0.320 e. The molecule has 0 radical (unpaired) electrons. The Bertz CT molecular complexity index is 560. The van der Waals surface area contributed by atoms with E-state index < -0.39 is 6.04 Å². The topological polar surface area (TPSA) is 26.0 Å². The Labute approximate surface area is 120 Å². The minimum atomic E-state index is -0.407. The molecule has 1 nitrogen and oxygen atoms in total. The molecular formula is C18H22FN. The predicted molar refractivity (Wildman–Crippen MR) is 82.2 cm³/mol. The lowest BCUT2D eigenvalue weighted by molar-refractivity contribution is 0.598. The molecule has 0 bridgehead atoms. The zero-order valence-corrected chi connectivity index (χ0v) is 12.2. The van der Waals surface area contributed by atoms with Crippen LogP contribution in [-0.4, -0.2) is 0 Å². The van der Waals surface area contributed by atoms with Crippen molar-refractivity contribution < 1.29 is 4.39 Å². The van der Waals surface area contributed by atoms with Gasteiger partial charge in [0.2, 0.25) is 0 Å². The van der Waals surface area contributed by atoms with Crippen molar-refractivity contribution in [2.45, 2.75) is 39.2 Å². The van der Waals surface area contributed by atoms with Gasteiger partial charge in [-0.25, -0.2) is 4.39 Å². The van der Waals surface area contributed by atoms with E-state index in [1.54, 1.807) is 6.07 Å². The summed E-state index contributed by atoms with van der Waals surface area (Å²) in [5, 5.41) is 0. The molecule has 0 heterocycles. The van der Waals surface area contributed by atoms with Gasteiger partial charge in [0.1, 0.15) is 5.82 Å². The van der Waals surface area contributed by atoms with E-state index in [0.717, 1.165) is 17.5 Å². The fourth-order valence-electron chi connectivity index (χ4n) is 2.34. The molecule has 0 aliphatic heterocycles. The third-order valence-corrected chi connectivity index (χ3v) is 3.65. The van der Waals surface area contributed by atoms with E-state index >= 15 is 0 Å². The average molecular weight is 271 g/mol. The van der Waals surface area contributed by atoms with E-state index in [2.05, 4.69) is 19.1 Å². The first-order valence-electron chi connectivity index (χ1n) is 7.22. The van der Waals surface area contributed by atoms with Gasteiger partial charge >= 0.3 is 0 Å². The lowest BCUT2D eigenvalue weighted by Gasteiger charge is -2.14. The third-order valence-electron chi connectivity index (χ3n) is 3.65. The first-order chi connectivity index (χ1) is 9.61. The van der Waals surface area contributed by atoms with Crippen molar-refractivity contribution in [3.8, 4) is 0 Å². The first-order valence-corrected chi connectivity index (χ1v) is 7.22. The Morgan fingerprint density at radius 3 is 2.40 bits per heavy atom. The predicted octanol–water partition coefficient (Wildman–Crippen LogP) is 4.52. The minimum absolute atomic E-state index is 0.229. The summed E-state index contributed by atoms with van der Waals surface area (Å²) in [7, 11) is 0. The number of halogens is 1. The number of rotatable bonds is 5. The highest BCUT2D eigenvalue weighted by molar-refractivity contribution is 5.35. The monoisotopic (exact) mass is 271 g/mol. The van der Waals surface area contributed by atoms with Gasteiger partial charge in [-0.05, 0) is 42.5 Å². The number of hydrogen-bond acceptors (Lipinski definition) is 1. The quantitative estimate of drug-likeness (QED) is 0.849. The number of unbranched alkanes of at least 4 members (excludes halogenated alkanes) is 1. The molecule has 2 rings (SSSR count). The molecule has 0 aromatic heterocycles. The third kappa shape index (κ3) is 3.45. The second kappa shape index (κ2) is 6.67. The van der Waals surface area contributed by atoms with Crippen molar-refractivity contribution in [2.75, 3.05) is 0 Å². The van der Waals surface area contributed by atoms with Crippen LogP contribution in [0.15, 0.2) is 42.5 Å². The van der Waals surface area contributed by atoms with Gasteiger partial charge in [-0.1, -0.05) is 49.7 Å². The van der Waals surface area contributed by atoms with Gasteiger partial charge in [-0.2, -0.15) is 0 Å². The van der Waals surface area contributed by atoms with Gasteiger partial charge in [-0.15, -0.1) is 0 Å². The maximum absolute atomic E-state index is 14.0. The molecule has 0 saturated heterocycles. The fourth-order valence-corrected chi connectivity index (χ4v) is 2.34. The summed E-state index contributed by atoms with van der Waals surface area (Å²) >= 11 is 0. The van der Waals surface area contributed by atoms with E-state index in [1.165, 1.54) is 24.5 Å². The van der Waals surface area contributed by atoms with Crippen LogP contribution in [0.1, 0.15) is 48.1 Å². The standard InChI is InChI=1S/C18H22FN/c1-3-4-5-14-7-9-15(10-8-14)18(20)16-11-6-13(2)12-17(16)19/h6-12,18H,3-5,20H2,1-2H3. The van der Waals surface area contributed by atoms with Crippen LogP contribution < -0.4 is 5.73 Å². The van der Waals surface area contributed by atoms with Crippen LogP contribution in [0.25, 0.3) is 0 Å². The molecule has 2 heteroatoms. The second-order valence-electron chi connectivity index (χ2n) is 5.35. The summed E-state index contributed by atoms with van der Waals surface area (Å²) < 4.78 is 14.0. The molecule has 106 valence electrons. The normalized spacial score (nSPS) is 12.4. The Hall–Kier alpha value is -1.67. The van der Waals surface area contributed by atoms with Crippen LogP contribution in [0.3, 0.4) is 0 Å². The van der Waals surface area contributed by atoms with Crippen molar-refractivity contribution in [1.29, 1.82) is 0 Å². The Balaban J connectivity index is 2.18. The van der Waals surface area contributed by atoms with Gasteiger partial charge in [0.05, 0.1) is 6.04 Å². The van der Waals surface area contributed by atoms with Gasteiger partial charge in [0, 0.05) is 5.56 Å². The van der Waals surface area contributed by atoms with E-state index in [0.29, 0.717) is 5.56 Å². The molecule has 2 aromatic rings.